The third kappa shape index (κ3) is 3.77. The number of carbonyl (C=O) groups excluding carboxylic acids is 1. The number of nitrogens with one attached hydrogen (secondary N) is 1. The van der Waals surface area contributed by atoms with Gasteiger partial charge in [-0.2, -0.15) is 0 Å². The molecular weight excluding hydrogens is 214 g/mol. The van der Waals surface area contributed by atoms with Gasteiger partial charge >= 0.3 is 5.97 Å². The molecule has 1 aromatic rings. The summed E-state index contributed by atoms with van der Waals surface area (Å²) in [6.45, 7) is 6.74. The molecule has 1 atom stereocenters. The Kier molecular flexibility index (Phi) is 5.01. The van der Waals surface area contributed by atoms with Crippen molar-refractivity contribution in [1.29, 1.82) is 0 Å². The van der Waals surface area contributed by atoms with E-state index in [9.17, 15) is 4.79 Å². The van der Waals surface area contributed by atoms with Gasteiger partial charge in [0.1, 0.15) is 0 Å². The van der Waals surface area contributed by atoms with Gasteiger partial charge in [-0.25, -0.2) is 0 Å². The van der Waals surface area contributed by atoms with Gasteiger partial charge in [-0.1, -0.05) is 24.6 Å². The van der Waals surface area contributed by atoms with Gasteiger partial charge < -0.3 is 10.1 Å². The molecule has 0 amide bonds. The molecule has 17 heavy (non-hydrogen) atoms. The molecule has 0 aromatic heterocycles. The Morgan fingerprint density at radius 3 is 2.65 bits per heavy atom. The van der Waals surface area contributed by atoms with Crippen LogP contribution in [0.5, 0.6) is 0 Å². The molecule has 0 saturated heterocycles. The minimum atomic E-state index is -0.148. The normalized spacial score (nSPS) is 12.0. The summed E-state index contributed by atoms with van der Waals surface area (Å²) >= 11 is 0. The molecule has 0 aliphatic carbocycles. The standard InChI is InChI=1S/C14H21NO2/c1-5-12(14(16)17-4)9-15-13-7-6-10(2)8-11(13)3/h6-8,12,15H,5,9H2,1-4H3. The zero-order chi connectivity index (χ0) is 12.8. The first-order valence-electron chi connectivity index (χ1n) is 5.97. The highest BCUT2D eigenvalue weighted by Gasteiger charge is 2.16. The predicted molar refractivity (Wildman–Crippen MR) is 70.2 cm³/mol. The van der Waals surface area contributed by atoms with Crippen LogP contribution in [0.1, 0.15) is 24.5 Å². The fourth-order valence-corrected chi connectivity index (χ4v) is 1.81. The molecular formula is C14H21NO2. The van der Waals surface area contributed by atoms with Gasteiger partial charge in [-0.15, -0.1) is 0 Å². The Balaban J connectivity index is 2.62. The van der Waals surface area contributed by atoms with Gasteiger partial charge in [0.25, 0.3) is 0 Å². The number of hydrogen-bond acceptors (Lipinski definition) is 3. The van der Waals surface area contributed by atoms with Crippen molar-refractivity contribution in [3.05, 3.63) is 29.3 Å². The van der Waals surface area contributed by atoms with Gasteiger partial charge in [0.2, 0.25) is 0 Å². The summed E-state index contributed by atoms with van der Waals surface area (Å²) in [5.74, 6) is -0.231. The summed E-state index contributed by atoms with van der Waals surface area (Å²) in [4.78, 5) is 11.4. The molecule has 0 heterocycles. The first-order chi connectivity index (χ1) is 8.08. The molecule has 1 unspecified atom stereocenters. The van der Waals surface area contributed by atoms with Crippen LogP contribution in [0.15, 0.2) is 18.2 Å². The van der Waals surface area contributed by atoms with Crippen LogP contribution >= 0.6 is 0 Å². The van der Waals surface area contributed by atoms with E-state index in [0.29, 0.717) is 6.54 Å². The third-order valence-corrected chi connectivity index (χ3v) is 2.95. The summed E-state index contributed by atoms with van der Waals surface area (Å²) in [6, 6.07) is 6.24. The number of benzene rings is 1. The molecule has 0 saturated carbocycles. The molecule has 1 rings (SSSR count). The molecule has 0 bridgehead atoms. The number of esters is 1. The molecule has 0 fully saturated rings. The second-order valence-electron chi connectivity index (χ2n) is 4.33. The van der Waals surface area contributed by atoms with Crippen LogP contribution in [0.4, 0.5) is 5.69 Å². The number of hydrogen-bond donors (Lipinski definition) is 1. The number of methoxy groups -OCH3 is 1. The topological polar surface area (TPSA) is 38.3 Å². The van der Waals surface area contributed by atoms with E-state index in [0.717, 1.165) is 12.1 Å². The summed E-state index contributed by atoms with van der Waals surface area (Å²) in [5.41, 5.74) is 3.52. The highest BCUT2D eigenvalue weighted by Crippen LogP contribution is 2.17. The van der Waals surface area contributed by atoms with Gasteiger partial charge in [-0.3, -0.25) is 4.79 Å². The Morgan fingerprint density at radius 2 is 2.12 bits per heavy atom. The highest BCUT2D eigenvalue weighted by atomic mass is 16.5. The van der Waals surface area contributed by atoms with Crippen LogP contribution in [-0.2, 0) is 9.53 Å². The minimum absolute atomic E-state index is 0.0827. The van der Waals surface area contributed by atoms with E-state index < -0.39 is 0 Å². The molecule has 0 spiro atoms. The first-order valence-corrected chi connectivity index (χ1v) is 5.97. The maximum Gasteiger partial charge on any atom is 0.310 e. The maximum absolute atomic E-state index is 11.4. The molecule has 0 aliphatic rings. The number of aryl methyl sites for hydroxylation is 2. The van der Waals surface area contributed by atoms with Crippen molar-refractivity contribution in [2.24, 2.45) is 5.92 Å². The van der Waals surface area contributed by atoms with Crippen molar-refractivity contribution in [2.75, 3.05) is 19.0 Å². The largest absolute Gasteiger partial charge is 0.469 e. The quantitative estimate of drug-likeness (QED) is 0.797. The number of carbonyl (C=O) groups is 1. The van der Waals surface area contributed by atoms with Crippen LogP contribution in [-0.4, -0.2) is 19.6 Å². The second-order valence-corrected chi connectivity index (χ2v) is 4.33. The third-order valence-electron chi connectivity index (χ3n) is 2.95. The van der Waals surface area contributed by atoms with Gasteiger partial charge in [0.05, 0.1) is 13.0 Å². The van der Waals surface area contributed by atoms with Crippen molar-refractivity contribution in [3.63, 3.8) is 0 Å². The maximum atomic E-state index is 11.4. The predicted octanol–water partition coefficient (Wildman–Crippen LogP) is 2.91. The average Bonchev–Trinajstić information content (AvgIpc) is 2.31. The molecule has 94 valence electrons. The molecule has 0 radical (unpaired) electrons. The van der Waals surface area contributed by atoms with Crippen LogP contribution in [0.2, 0.25) is 0 Å². The minimum Gasteiger partial charge on any atom is -0.469 e. The fraction of sp³-hybridized carbons (Fsp3) is 0.500. The van der Waals surface area contributed by atoms with E-state index in [1.165, 1.54) is 18.2 Å². The van der Waals surface area contributed by atoms with Crippen molar-refractivity contribution < 1.29 is 9.53 Å². The smallest absolute Gasteiger partial charge is 0.310 e. The molecule has 1 aromatic carbocycles. The van der Waals surface area contributed by atoms with E-state index in [4.69, 9.17) is 4.74 Å². The zero-order valence-electron chi connectivity index (χ0n) is 11.0. The van der Waals surface area contributed by atoms with Crippen LogP contribution < -0.4 is 5.32 Å². The van der Waals surface area contributed by atoms with Gasteiger partial charge in [0, 0.05) is 12.2 Å². The lowest BCUT2D eigenvalue weighted by molar-refractivity contribution is -0.145. The Hall–Kier alpha value is -1.51. The summed E-state index contributed by atoms with van der Waals surface area (Å²) in [6.07, 6.45) is 0.782. The summed E-state index contributed by atoms with van der Waals surface area (Å²) < 4.78 is 4.76. The van der Waals surface area contributed by atoms with Crippen molar-refractivity contribution in [2.45, 2.75) is 27.2 Å². The van der Waals surface area contributed by atoms with Crippen LogP contribution in [0.3, 0.4) is 0 Å². The number of anilines is 1. The lowest BCUT2D eigenvalue weighted by atomic mass is 10.1. The second kappa shape index (κ2) is 6.28. The van der Waals surface area contributed by atoms with Gasteiger partial charge in [-0.05, 0) is 31.9 Å². The number of rotatable bonds is 5. The molecule has 0 aliphatic heterocycles. The lowest BCUT2D eigenvalue weighted by Gasteiger charge is -2.15. The molecule has 3 heteroatoms. The average molecular weight is 235 g/mol. The van der Waals surface area contributed by atoms with Gasteiger partial charge in [0.15, 0.2) is 0 Å². The van der Waals surface area contributed by atoms with Crippen molar-refractivity contribution in [3.8, 4) is 0 Å². The summed E-state index contributed by atoms with van der Waals surface area (Å²) in [7, 11) is 1.43. The monoisotopic (exact) mass is 235 g/mol. The zero-order valence-corrected chi connectivity index (χ0v) is 11.0. The molecule has 3 nitrogen and oxygen atoms in total. The van der Waals surface area contributed by atoms with E-state index in [1.54, 1.807) is 0 Å². The Labute approximate surface area is 103 Å². The molecule has 1 N–H and O–H groups in total. The highest BCUT2D eigenvalue weighted by molar-refractivity contribution is 5.73. The van der Waals surface area contributed by atoms with E-state index in [-0.39, 0.29) is 11.9 Å². The van der Waals surface area contributed by atoms with E-state index in [1.807, 2.05) is 6.92 Å². The SMILES string of the molecule is CCC(CNc1ccc(C)cc1C)C(=O)OC. The Bertz CT molecular complexity index is 388. The number of ether oxygens (including phenoxy) is 1. The van der Waals surface area contributed by atoms with E-state index >= 15 is 0 Å². The van der Waals surface area contributed by atoms with Crippen molar-refractivity contribution in [1.82, 2.24) is 0 Å². The first kappa shape index (κ1) is 13.6. The summed E-state index contributed by atoms with van der Waals surface area (Å²) in [5, 5.41) is 3.31. The fourth-order valence-electron chi connectivity index (χ4n) is 1.81. The van der Waals surface area contributed by atoms with Crippen LogP contribution in [0.25, 0.3) is 0 Å². The Morgan fingerprint density at radius 1 is 1.41 bits per heavy atom. The van der Waals surface area contributed by atoms with E-state index in [2.05, 4.69) is 37.4 Å². The lowest BCUT2D eigenvalue weighted by Crippen LogP contribution is -2.23. The van der Waals surface area contributed by atoms with Crippen LogP contribution in [0, 0.1) is 19.8 Å². The van der Waals surface area contributed by atoms with Crippen molar-refractivity contribution >= 4 is 11.7 Å².